The molecular weight excluding hydrogens is 336 g/mol. The first-order valence-electron chi connectivity index (χ1n) is 6.48. The van der Waals surface area contributed by atoms with Crippen molar-refractivity contribution in [2.75, 3.05) is 19.6 Å². The van der Waals surface area contributed by atoms with Gasteiger partial charge in [0.2, 0.25) is 0 Å². The van der Waals surface area contributed by atoms with Gasteiger partial charge in [0.1, 0.15) is 4.88 Å². The lowest BCUT2D eigenvalue weighted by molar-refractivity contribution is 0.0766. The van der Waals surface area contributed by atoms with Gasteiger partial charge in [-0.25, -0.2) is 0 Å². The number of benzene rings is 1. The summed E-state index contributed by atoms with van der Waals surface area (Å²) in [4.78, 5) is 15.1. The van der Waals surface area contributed by atoms with Gasteiger partial charge in [-0.1, -0.05) is 30.3 Å². The fourth-order valence-corrected chi connectivity index (χ4v) is 3.48. The van der Waals surface area contributed by atoms with Crippen LogP contribution in [-0.2, 0) is 6.42 Å². The normalized spacial score (nSPS) is 10.5. The Balaban J connectivity index is 2.03. The third-order valence-electron chi connectivity index (χ3n) is 3.01. The first kappa shape index (κ1) is 15.2. The molecule has 2 N–H and O–H groups in total. The first-order chi connectivity index (χ1) is 9.72. The molecule has 106 valence electrons. The van der Waals surface area contributed by atoms with Crippen LogP contribution in [0.2, 0.25) is 0 Å². The van der Waals surface area contributed by atoms with Crippen LogP contribution >= 0.6 is 27.3 Å². The fourth-order valence-electron chi connectivity index (χ4n) is 1.97. The molecule has 0 fully saturated rings. The van der Waals surface area contributed by atoms with E-state index in [9.17, 15) is 4.79 Å². The highest BCUT2D eigenvalue weighted by Gasteiger charge is 2.18. The summed E-state index contributed by atoms with van der Waals surface area (Å²) in [5.74, 6) is 0.0493. The molecule has 1 heterocycles. The molecule has 3 nitrogen and oxygen atoms in total. The molecule has 1 aromatic heterocycles. The van der Waals surface area contributed by atoms with E-state index in [1.807, 2.05) is 34.5 Å². The molecule has 1 amide bonds. The lowest BCUT2D eigenvalue weighted by Gasteiger charge is -2.21. The molecule has 0 unspecified atom stereocenters. The Morgan fingerprint density at radius 1 is 1.20 bits per heavy atom. The van der Waals surface area contributed by atoms with Crippen molar-refractivity contribution in [3.05, 3.63) is 56.7 Å². The molecule has 0 saturated heterocycles. The topological polar surface area (TPSA) is 46.3 Å². The molecule has 2 rings (SSSR count). The van der Waals surface area contributed by atoms with E-state index in [1.165, 1.54) is 16.9 Å². The van der Waals surface area contributed by atoms with Gasteiger partial charge in [0, 0.05) is 24.1 Å². The minimum absolute atomic E-state index is 0.0493. The molecule has 20 heavy (non-hydrogen) atoms. The van der Waals surface area contributed by atoms with Crippen LogP contribution in [0.15, 0.2) is 46.3 Å². The smallest absolute Gasteiger partial charge is 0.265 e. The zero-order chi connectivity index (χ0) is 14.4. The van der Waals surface area contributed by atoms with Gasteiger partial charge in [-0.15, -0.1) is 11.3 Å². The predicted molar refractivity (Wildman–Crippen MR) is 87.1 cm³/mol. The lowest BCUT2D eigenvalue weighted by atomic mass is 10.1. The Hall–Kier alpha value is -1.17. The van der Waals surface area contributed by atoms with Crippen molar-refractivity contribution < 1.29 is 4.79 Å². The third kappa shape index (κ3) is 3.91. The average Bonchev–Trinajstić information content (AvgIpc) is 2.90. The summed E-state index contributed by atoms with van der Waals surface area (Å²) in [5.41, 5.74) is 6.85. The summed E-state index contributed by atoms with van der Waals surface area (Å²) in [7, 11) is 0. The molecule has 0 radical (unpaired) electrons. The van der Waals surface area contributed by atoms with Crippen LogP contribution in [0.4, 0.5) is 0 Å². The minimum Gasteiger partial charge on any atom is -0.336 e. The number of hydrogen-bond acceptors (Lipinski definition) is 3. The molecule has 0 spiro atoms. The SMILES string of the molecule is NCCN(CCc1ccccc1)C(=O)c1sccc1Br. The number of amides is 1. The van der Waals surface area contributed by atoms with Crippen LogP contribution < -0.4 is 5.73 Å². The second-order valence-corrected chi connectivity index (χ2v) is 6.18. The van der Waals surface area contributed by atoms with Gasteiger partial charge in [0.05, 0.1) is 0 Å². The molecular formula is C15H17BrN2OS. The van der Waals surface area contributed by atoms with Crippen molar-refractivity contribution in [1.29, 1.82) is 0 Å². The van der Waals surface area contributed by atoms with Crippen LogP contribution in [0.3, 0.4) is 0 Å². The fraction of sp³-hybridized carbons (Fsp3) is 0.267. The Labute approximate surface area is 131 Å². The van der Waals surface area contributed by atoms with Gasteiger partial charge in [-0.05, 0) is 39.4 Å². The lowest BCUT2D eigenvalue weighted by Crippen LogP contribution is -2.36. The quantitative estimate of drug-likeness (QED) is 0.867. The minimum atomic E-state index is 0.0493. The van der Waals surface area contributed by atoms with Crippen molar-refractivity contribution in [3.63, 3.8) is 0 Å². The van der Waals surface area contributed by atoms with Crippen molar-refractivity contribution >= 4 is 33.2 Å². The van der Waals surface area contributed by atoms with E-state index in [2.05, 4.69) is 28.1 Å². The van der Waals surface area contributed by atoms with E-state index in [0.717, 1.165) is 15.8 Å². The van der Waals surface area contributed by atoms with E-state index in [-0.39, 0.29) is 5.91 Å². The number of nitrogens with two attached hydrogens (primary N) is 1. The number of thiophene rings is 1. The molecule has 2 aromatic rings. The van der Waals surface area contributed by atoms with Crippen LogP contribution in [0.25, 0.3) is 0 Å². The Bertz CT molecular complexity index is 556. The summed E-state index contributed by atoms with van der Waals surface area (Å²) in [6.07, 6.45) is 0.843. The predicted octanol–water partition coefficient (Wildman–Crippen LogP) is 3.15. The summed E-state index contributed by atoms with van der Waals surface area (Å²) >= 11 is 4.87. The summed E-state index contributed by atoms with van der Waals surface area (Å²) < 4.78 is 0.856. The number of hydrogen-bond donors (Lipinski definition) is 1. The van der Waals surface area contributed by atoms with Gasteiger partial charge in [-0.3, -0.25) is 4.79 Å². The number of nitrogens with zero attached hydrogens (tertiary/aromatic N) is 1. The van der Waals surface area contributed by atoms with E-state index < -0.39 is 0 Å². The van der Waals surface area contributed by atoms with Gasteiger partial charge < -0.3 is 10.6 Å². The first-order valence-corrected chi connectivity index (χ1v) is 8.16. The number of carbonyl (C=O) groups excluding carboxylic acids is 1. The zero-order valence-corrected chi connectivity index (χ0v) is 13.5. The van der Waals surface area contributed by atoms with Crippen molar-refractivity contribution in [2.24, 2.45) is 5.73 Å². The number of halogens is 1. The maximum atomic E-state index is 12.5. The summed E-state index contributed by atoms with van der Waals surface area (Å²) in [6, 6.07) is 12.1. The maximum Gasteiger partial charge on any atom is 0.265 e. The van der Waals surface area contributed by atoms with Crippen molar-refractivity contribution in [1.82, 2.24) is 4.90 Å². The largest absolute Gasteiger partial charge is 0.336 e. The molecule has 0 bridgehead atoms. The van der Waals surface area contributed by atoms with E-state index in [1.54, 1.807) is 0 Å². The summed E-state index contributed by atoms with van der Waals surface area (Å²) in [6.45, 7) is 1.74. The van der Waals surface area contributed by atoms with Gasteiger partial charge in [0.15, 0.2) is 0 Å². The molecule has 0 aliphatic rings. The summed E-state index contributed by atoms with van der Waals surface area (Å²) in [5, 5.41) is 1.91. The van der Waals surface area contributed by atoms with E-state index in [4.69, 9.17) is 5.73 Å². The van der Waals surface area contributed by atoms with Crippen molar-refractivity contribution in [2.45, 2.75) is 6.42 Å². The second-order valence-electron chi connectivity index (χ2n) is 4.41. The van der Waals surface area contributed by atoms with E-state index >= 15 is 0 Å². The monoisotopic (exact) mass is 352 g/mol. The number of rotatable bonds is 6. The Kier molecular flexibility index (Phi) is 5.76. The van der Waals surface area contributed by atoms with Gasteiger partial charge >= 0.3 is 0 Å². The van der Waals surface area contributed by atoms with Crippen LogP contribution in [-0.4, -0.2) is 30.4 Å². The molecule has 5 heteroatoms. The molecule has 1 aromatic carbocycles. The van der Waals surface area contributed by atoms with E-state index in [0.29, 0.717) is 19.6 Å². The Morgan fingerprint density at radius 2 is 1.95 bits per heavy atom. The van der Waals surface area contributed by atoms with Crippen LogP contribution in [0.1, 0.15) is 15.2 Å². The van der Waals surface area contributed by atoms with Gasteiger partial charge in [-0.2, -0.15) is 0 Å². The van der Waals surface area contributed by atoms with Crippen LogP contribution in [0, 0.1) is 0 Å². The van der Waals surface area contributed by atoms with Crippen molar-refractivity contribution in [3.8, 4) is 0 Å². The zero-order valence-electron chi connectivity index (χ0n) is 11.1. The highest BCUT2D eigenvalue weighted by atomic mass is 79.9. The van der Waals surface area contributed by atoms with Gasteiger partial charge in [0.25, 0.3) is 5.91 Å². The highest BCUT2D eigenvalue weighted by Crippen LogP contribution is 2.24. The third-order valence-corrected chi connectivity index (χ3v) is 4.84. The average molecular weight is 353 g/mol. The Morgan fingerprint density at radius 3 is 2.55 bits per heavy atom. The van der Waals surface area contributed by atoms with Crippen LogP contribution in [0.5, 0.6) is 0 Å². The second kappa shape index (κ2) is 7.57. The highest BCUT2D eigenvalue weighted by molar-refractivity contribution is 9.10. The molecule has 0 aliphatic carbocycles. The standard InChI is InChI=1S/C15H17BrN2OS/c16-13-7-11-20-14(13)15(19)18(10-8-17)9-6-12-4-2-1-3-5-12/h1-5,7,11H,6,8-10,17H2. The maximum absolute atomic E-state index is 12.5. The molecule has 0 saturated carbocycles. The molecule has 0 aliphatic heterocycles. The number of carbonyl (C=O) groups is 1. The molecule has 0 atom stereocenters.